The number of aliphatic imine (C=N–C) groups is 1. The Hall–Kier alpha value is -1.96. The van der Waals surface area contributed by atoms with Crippen LogP contribution in [0.3, 0.4) is 0 Å². The Morgan fingerprint density at radius 1 is 1.12 bits per heavy atom. The Labute approximate surface area is 166 Å². The van der Waals surface area contributed by atoms with E-state index in [-0.39, 0.29) is 24.0 Å². The van der Waals surface area contributed by atoms with E-state index in [0.29, 0.717) is 6.54 Å². The fraction of sp³-hybridized carbons (Fsp3) is 0.316. The van der Waals surface area contributed by atoms with Crippen molar-refractivity contribution in [1.82, 2.24) is 5.32 Å². The molecule has 0 bridgehead atoms. The van der Waals surface area contributed by atoms with Crippen LogP contribution in [-0.2, 0) is 13.0 Å². The topological polar surface area (TPSA) is 46.1 Å². The van der Waals surface area contributed by atoms with Crippen molar-refractivity contribution in [3.63, 3.8) is 0 Å². The number of guanidine groups is 1. The van der Waals surface area contributed by atoms with E-state index >= 15 is 0 Å². The quantitative estimate of drug-likeness (QED) is 0.438. The molecule has 25 heavy (non-hydrogen) atoms. The lowest BCUT2D eigenvalue weighted by Crippen LogP contribution is -2.40. The molecule has 0 aromatic heterocycles. The number of ether oxygens (including phenoxy) is 2. The van der Waals surface area contributed by atoms with Gasteiger partial charge in [0.05, 0.1) is 14.2 Å². The van der Waals surface area contributed by atoms with Crippen LogP contribution in [0.4, 0.5) is 5.69 Å². The molecule has 5 nitrogen and oxygen atoms in total. The second-order valence-corrected chi connectivity index (χ2v) is 5.58. The lowest BCUT2D eigenvalue weighted by Gasteiger charge is -2.23. The molecule has 0 radical (unpaired) electrons. The third-order valence-electron chi connectivity index (χ3n) is 4.28. The van der Waals surface area contributed by atoms with Crippen LogP contribution in [0, 0.1) is 0 Å². The fourth-order valence-corrected chi connectivity index (χ4v) is 3.12. The van der Waals surface area contributed by atoms with E-state index in [0.717, 1.165) is 36.0 Å². The minimum Gasteiger partial charge on any atom is -0.493 e. The molecule has 1 heterocycles. The van der Waals surface area contributed by atoms with Gasteiger partial charge in [-0.3, -0.25) is 4.99 Å². The van der Waals surface area contributed by atoms with Gasteiger partial charge in [-0.15, -0.1) is 24.0 Å². The summed E-state index contributed by atoms with van der Waals surface area (Å²) in [7, 11) is 5.12. The fourth-order valence-electron chi connectivity index (χ4n) is 3.12. The molecule has 1 aliphatic heterocycles. The zero-order valence-electron chi connectivity index (χ0n) is 14.8. The molecule has 134 valence electrons. The summed E-state index contributed by atoms with van der Waals surface area (Å²) in [5.41, 5.74) is 3.62. The second-order valence-electron chi connectivity index (χ2n) is 5.58. The van der Waals surface area contributed by atoms with Crippen LogP contribution in [-0.4, -0.2) is 33.8 Å². The summed E-state index contributed by atoms with van der Waals surface area (Å²) in [6.45, 7) is 1.56. The number of halogens is 1. The van der Waals surface area contributed by atoms with Crippen LogP contribution >= 0.6 is 24.0 Å². The summed E-state index contributed by atoms with van der Waals surface area (Å²) in [6.07, 6.45) is 1.04. The van der Waals surface area contributed by atoms with E-state index in [4.69, 9.17) is 9.47 Å². The SMILES string of the molecule is CN=C(NCc1cccc(OC)c1OC)N1CCc2ccccc21.I. The standard InChI is InChI=1S/C19H23N3O2.HI/c1-20-19(22-12-11-14-7-4-5-9-16(14)22)21-13-15-8-6-10-17(23-2)18(15)24-3;/h4-10H,11-13H2,1-3H3,(H,20,21);1H. The molecule has 2 aromatic carbocycles. The molecule has 0 amide bonds. The Kier molecular flexibility index (Phi) is 6.92. The van der Waals surface area contributed by atoms with Crippen molar-refractivity contribution >= 4 is 35.6 Å². The average Bonchev–Trinajstić information content (AvgIpc) is 3.06. The summed E-state index contributed by atoms with van der Waals surface area (Å²) < 4.78 is 10.9. The molecule has 0 fully saturated rings. The highest BCUT2D eigenvalue weighted by molar-refractivity contribution is 14.0. The number of hydrogen-bond acceptors (Lipinski definition) is 3. The predicted octanol–water partition coefficient (Wildman–Crippen LogP) is 3.46. The molecule has 0 atom stereocenters. The van der Waals surface area contributed by atoms with Gasteiger partial charge in [0.15, 0.2) is 17.5 Å². The number of rotatable bonds is 4. The number of methoxy groups -OCH3 is 2. The Morgan fingerprint density at radius 2 is 1.92 bits per heavy atom. The third-order valence-corrected chi connectivity index (χ3v) is 4.28. The van der Waals surface area contributed by atoms with Crippen molar-refractivity contribution in [3.05, 3.63) is 53.6 Å². The first-order valence-corrected chi connectivity index (χ1v) is 8.04. The Bertz CT molecular complexity index is 749. The lowest BCUT2D eigenvalue weighted by molar-refractivity contribution is 0.351. The van der Waals surface area contributed by atoms with Crippen molar-refractivity contribution in [3.8, 4) is 11.5 Å². The van der Waals surface area contributed by atoms with Crippen LogP contribution in [0.25, 0.3) is 0 Å². The van der Waals surface area contributed by atoms with Gasteiger partial charge in [0.1, 0.15) is 0 Å². The summed E-state index contributed by atoms with van der Waals surface area (Å²) in [5.74, 6) is 2.35. The van der Waals surface area contributed by atoms with Crippen molar-refractivity contribution in [2.75, 3.05) is 32.7 Å². The van der Waals surface area contributed by atoms with Gasteiger partial charge in [0.25, 0.3) is 0 Å². The van der Waals surface area contributed by atoms with Gasteiger partial charge < -0.3 is 19.7 Å². The number of anilines is 1. The van der Waals surface area contributed by atoms with Crippen LogP contribution < -0.4 is 19.7 Å². The maximum atomic E-state index is 5.50. The highest BCUT2D eigenvalue weighted by Gasteiger charge is 2.22. The third kappa shape index (κ3) is 4.00. The van der Waals surface area contributed by atoms with Gasteiger partial charge in [-0.05, 0) is 24.1 Å². The van der Waals surface area contributed by atoms with Crippen LogP contribution in [0.15, 0.2) is 47.5 Å². The number of nitrogens with zero attached hydrogens (tertiary/aromatic N) is 2. The van der Waals surface area contributed by atoms with Crippen molar-refractivity contribution in [2.45, 2.75) is 13.0 Å². The zero-order chi connectivity index (χ0) is 16.9. The van der Waals surface area contributed by atoms with Crippen LogP contribution in [0.1, 0.15) is 11.1 Å². The summed E-state index contributed by atoms with van der Waals surface area (Å²) in [5, 5.41) is 3.43. The first kappa shape index (κ1) is 19.4. The van der Waals surface area contributed by atoms with Gasteiger partial charge in [0, 0.05) is 31.4 Å². The molecule has 0 saturated heterocycles. The minimum atomic E-state index is 0. The van der Waals surface area contributed by atoms with Gasteiger partial charge in [-0.25, -0.2) is 0 Å². The number of hydrogen-bond donors (Lipinski definition) is 1. The average molecular weight is 453 g/mol. The second kappa shape index (κ2) is 8.94. The Morgan fingerprint density at radius 3 is 2.64 bits per heavy atom. The van der Waals surface area contributed by atoms with Crippen molar-refractivity contribution < 1.29 is 9.47 Å². The summed E-state index contributed by atoms with van der Waals surface area (Å²) >= 11 is 0. The molecule has 0 spiro atoms. The Balaban J connectivity index is 0.00000225. The van der Waals surface area contributed by atoms with E-state index < -0.39 is 0 Å². The molecule has 2 aromatic rings. The molecule has 0 unspecified atom stereocenters. The van der Waals surface area contributed by atoms with Crippen molar-refractivity contribution in [2.24, 2.45) is 4.99 Å². The first-order valence-electron chi connectivity index (χ1n) is 8.04. The molecule has 1 N–H and O–H groups in total. The maximum absolute atomic E-state index is 5.50. The summed E-state index contributed by atoms with van der Waals surface area (Å²) in [6, 6.07) is 14.4. The van der Waals surface area contributed by atoms with E-state index in [1.165, 1.54) is 11.3 Å². The molecular formula is C19H24IN3O2. The van der Waals surface area contributed by atoms with E-state index in [1.807, 2.05) is 25.2 Å². The largest absolute Gasteiger partial charge is 0.493 e. The molecular weight excluding hydrogens is 429 g/mol. The van der Waals surface area contributed by atoms with Crippen molar-refractivity contribution in [1.29, 1.82) is 0 Å². The highest BCUT2D eigenvalue weighted by Crippen LogP contribution is 2.31. The van der Waals surface area contributed by atoms with Gasteiger partial charge in [-0.1, -0.05) is 30.3 Å². The predicted molar refractivity (Wildman–Crippen MR) is 113 cm³/mol. The molecule has 6 heteroatoms. The number of nitrogens with one attached hydrogen (secondary N) is 1. The molecule has 3 rings (SSSR count). The van der Waals surface area contributed by atoms with Crippen LogP contribution in [0.2, 0.25) is 0 Å². The number of benzene rings is 2. The zero-order valence-corrected chi connectivity index (χ0v) is 17.1. The monoisotopic (exact) mass is 453 g/mol. The van der Waals surface area contributed by atoms with E-state index in [2.05, 4.69) is 39.5 Å². The molecule has 0 saturated carbocycles. The highest BCUT2D eigenvalue weighted by atomic mass is 127. The van der Waals surface area contributed by atoms with Gasteiger partial charge in [-0.2, -0.15) is 0 Å². The smallest absolute Gasteiger partial charge is 0.198 e. The van der Waals surface area contributed by atoms with Gasteiger partial charge >= 0.3 is 0 Å². The minimum absolute atomic E-state index is 0. The normalized spacial score (nSPS) is 13.1. The molecule has 1 aliphatic rings. The number of fused-ring (bicyclic) bond motifs is 1. The summed E-state index contributed by atoms with van der Waals surface area (Å²) in [4.78, 5) is 6.67. The van der Waals surface area contributed by atoms with E-state index in [1.54, 1.807) is 14.2 Å². The lowest BCUT2D eigenvalue weighted by atomic mass is 10.2. The van der Waals surface area contributed by atoms with E-state index in [9.17, 15) is 0 Å². The molecule has 0 aliphatic carbocycles. The first-order chi connectivity index (χ1) is 11.8. The van der Waals surface area contributed by atoms with Gasteiger partial charge in [0.2, 0.25) is 0 Å². The van der Waals surface area contributed by atoms with Crippen LogP contribution in [0.5, 0.6) is 11.5 Å². The number of para-hydroxylation sites is 2. The maximum Gasteiger partial charge on any atom is 0.198 e.